The summed E-state index contributed by atoms with van der Waals surface area (Å²) in [5, 5.41) is 9.41. The summed E-state index contributed by atoms with van der Waals surface area (Å²) in [4.78, 5) is 13.8. The maximum Gasteiger partial charge on any atom is 0.258 e. The Morgan fingerprint density at radius 1 is 1.21 bits per heavy atom. The van der Waals surface area contributed by atoms with Crippen LogP contribution in [-0.2, 0) is 6.54 Å². The minimum atomic E-state index is -0.176. The lowest BCUT2D eigenvalue weighted by molar-refractivity contribution is 0.0992. The minimum Gasteiger partial charge on any atom is -0.508 e. The lowest BCUT2D eigenvalue weighted by Gasteiger charge is -2.18. The fourth-order valence-corrected chi connectivity index (χ4v) is 1.84. The fourth-order valence-electron chi connectivity index (χ4n) is 1.84. The van der Waals surface area contributed by atoms with Crippen molar-refractivity contribution in [2.45, 2.75) is 6.54 Å². The quantitative estimate of drug-likeness (QED) is 0.884. The van der Waals surface area contributed by atoms with Crippen molar-refractivity contribution in [3.05, 3.63) is 59.7 Å². The van der Waals surface area contributed by atoms with E-state index in [9.17, 15) is 9.90 Å². The predicted octanol–water partition coefficient (Wildman–Crippen LogP) is 2.13. The molecule has 0 aliphatic carbocycles. The summed E-state index contributed by atoms with van der Waals surface area (Å²) >= 11 is 0. The van der Waals surface area contributed by atoms with Gasteiger partial charge in [-0.3, -0.25) is 4.79 Å². The molecule has 0 bridgehead atoms. The number of benzene rings is 2. The number of anilines is 1. The topological polar surface area (TPSA) is 66.6 Å². The van der Waals surface area contributed by atoms with Gasteiger partial charge in [0.15, 0.2) is 0 Å². The second-order valence-corrected chi connectivity index (χ2v) is 4.29. The number of phenolic OH excluding ortho intramolecular Hbond substituents is 1. The summed E-state index contributed by atoms with van der Waals surface area (Å²) in [6, 6.07) is 13.8. The number of hydrogen-bond acceptors (Lipinski definition) is 3. The Morgan fingerprint density at radius 2 is 1.95 bits per heavy atom. The van der Waals surface area contributed by atoms with Gasteiger partial charge >= 0.3 is 0 Å². The second-order valence-electron chi connectivity index (χ2n) is 4.29. The normalized spacial score (nSPS) is 10.2. The maximum absolute atomic E-state index is 12.3. The molecule has 0 aromatic heterocycles. The van der Waals surface area contributed by atoms with Crippen molar-refractivity contribution in [1.29, 1.82) is 0 Å². The largest absolute Gasteiger partial charge is 0.508 e. The van der Waals surface area contributed by atoms with Crippen LogP contribution in [0.15, 0.2) is 48.5 Å². The van der Waals surface area contributed by atoms with E-state index in [0.717, 1.165) is 11.3 Å². The molecule has 0 unspecified atom stereocenters. The zero-order valence-electron chi connectivity index (χ0n) is 10.7. The Kier molecular flexibility index (Phi) is 3.82. The summed E-state index contributed by atoms with van der Waals surface area (Å²) in [5.41, 5.74) is 7.77. The van der Waals surface area contributed by atoms with Gasteiger partial charge < -0.3 is 15.7 Å². The van der Waals surface area contributed by atoms with Crippen LogP contribution in [0.25, 0.3) is 0 Å². The number of carbonyl (C=O) groups excluding carboxylic acids is 1. The van der Waals surface area contributed by atoms with Crippen LogP contribution >= 0.6 is 0 Å². The summed E-state index contributed by atoms with van der Waals surface area (Å²) < 4.78 is 0. The van der Waals surface area contributed by atoms with E-state index in [1.165, 1.54) is 17.0 Å². The first-order chi connectivity index (χ1) is 9.11. The molecule has 0 fully saturated rings. The Balaban J connectivity index is 2.28. The molecule has 0 saturated heterocycles. The molecular weight excluding hydrogens is 240 g/mol. The van der Waals surface area contributed by atoms with Gasteiger partial charge in [-0.2, -0.15) is 0 Å². The van der Waals surface area contributed by atoms with E-state index in [-0.39, 0.29) is 11.7 Å². The molecule has 0 radical (unpaired) electrons. The molecule has 0 aliphatic heterocycles. The third kappa shape index (κ3) is 2.92. The first-order valence-corrected chi connectivity index (χ1v) is 5.98. The van der Waals surface area contributed by atoms with Crippen molar-refractivity contribution < 1.29 is 9.90 Å². The van der Waals surface area contributed by atoms with Crippen LogP contribution in [0, 0.1) is 0 Å². The zero-order chi connectivity index (χ0) is 13.8. The molecule has 0 atom stereocenters. The van der Waals surface area contributed by atoms with Crippen molar-refractivity contribution in [1.82, 2.24) is 0 Å². The Morgan fingerprint density at radius 3 is 2.63 bits per heavy atom. The summed E-state index contributed by atoms with van der Waals surface area (Å²) in [6.07, 6.45) is 0. The van der Waals surface area contributed by atoms with Gasteiger partial charge in [-0.25, -0.2) is 0 Å². The van der Waals surface area contributed by atoms with Crippen molar-refractivity contribution in [2.75, 3.05) is 11.9 Å². The molecular formula is C15H16N2O2. The van der Waals surface area contributed by atoms with Gasteiger partial charge in [-0.15, -0.1) is 0 Å². The number of carbonyl (C=O) groups is 1. The van der Waals surface area contributed by atoms with Gasteiger partial charge in [-0.05, 0) is 35.9 Å². The van der Waals surface area contributed by atoms with Crippen LogP contribution in [0.3, 0.4) is 0 Å². The SMILES string of the molecule is CN(C(=O)c1cccc(O)c1)c1cccc(CN)c1. The molecule has 2 rings (SSSR count). The van der Waals surface area contributed by atoms with Crippen molar-refractivity contribution in [2.24, 2.45) is 5.73 Å². The summed E-state index contributed by atoms with van der Waals surface area (Å²) in [6.45, 7) is 0.433. The molecule has 0 saturated carbocycles. The number of amides is 1. The smallest absolute Gasteiger partial charge is 0.258 e. The third-order valence-electron chi connectivity index (χ3n) is 2.93. The number of aromatic hydroxyl groups is 1. The molecule has 2 aromatic rings. The first kappa shape index (κ1) is 13.1. The van der Waals surface area contributed by atoms with Crippen LogP contribution in [0.4, 0.5) is 5.69 Å². The number of hydrogen-bond donors (Lipinski definition) is 2. The molecule has 0 aliphatic rings. The van der Waals surface area contributed by atoms with Crippen LogP contribution < -0.4 is 10.6 Å². The van der Waals surface area contributed by atoms with E-state index in [4.69, 9.17) is 5.73 Å². The third-order valence-corrected chi connectivity index (χ3v) is 2.93. The Bertz CT molecular complexity index is 596. The molecule has 0 spiro atoms. The highest BCUT2D eigenvalue weighted by Crippen LogP contribution is 2.19. The van der Waals surface area contributed by atoms with Gasteiger partial charge in [0.2, 0.25) is 0 Å². The molecule has 1 amide bonds. The molecule has 3 N–H and O–H groups in total. The number of nitrogens with two attached hydrogens (primary N) is 1. The summed E-state index contributed by atoms with van der Waals surface area (Å²) in [5.74, 6) is -0.0972. The average molecular weight is 256 g/mol. The van der Waals surface area contributed by atoms with E-state index in [2.05, 4.69) is 0 Å². The molecule has 98 valence electrons. The highest BCUT2D eigenvalue weighted by Gasteiger charge is 2.13. The molecule has 0 heterocycles. The predicted molar refractivity (Wildman–Crippen MR) is 75.2 cm³/mol. The standard InChI is InChI=1S/C15H16N2O2/c1-17(13-6-2-4-11(8-13)10-16)15(19)12-5-3-7-14(18)9-12/h2-9,18H,10,16H2,1H3. The van der Waals surface area contributed by atoms with Gasteiger partial charge in [0.25, 0.3) is 5.91 Å². The van der Waals surface area contributed by atoms with Crippen molar-refractivity contribution in [3.63, 3.8) is 0 Å². The van der Waals surface area contributed by atoms with Gasteiger partial charge in [0.1, 0.15) is 5.75 Å². The van der Waals surface area contributed by atoms with Crippen LogP contribution in [0.2, 0.25) is 0 Å². The number of rotatable bonds is 3. The minimum absolute atomic E-state index is 0.0787. The van der Waals surface area contributed by atoms with Gasteiger partial charge in [0, 0.05) is 24.8 Å². The highest BCUT2D eigenvalue weighted by atomic mass is 16.3. The fraction of sp³-hybridized carbons (Fsp3) is 0.133. The Hall–Kier alpha value is -2.33. The number of nitrogens with zero attached hydrogens (tertiary/aromatic N) is 1. The number of phenols is 1. The summed E-state index contributed by atoms with van der Waals surface area (Å²) in [7, 11) is 1.70. The van der Waals surface area contributed by atoms with Gasteiger partial charge in [-0.1, -0.05) is 18.2 Å². The van der Waals surface area contributed by atoms with E-state index < -0.39 is 0 Å². The first-order valence-electron chi connectivity index (χ1n) is 5.98. The second kappa shape index (κ2) is 5.54. The molecule has 4 nitrogen and oxygen atoms in total. The van der Waals surface area contributed by atoms with Gasteiger partial charge in [0.05, 0.1) is 0 Å². The average Bonchev–Trinajstić information content (AvgIpc) is 2.45. The van der Waals surface area contributed by atoms with E-state index in [0.29, 0.717) is 12.1 Å². The zero-order valence-corrected chi connectivity index (χ0v) is 10.7. The molecule has 19 heavy (non-hydrogen) atoms. The van der Waals surface area contributed by atoms with Crippen LogP contribution in [0.5, 0.6) is 5.75 Å². The Labute approximate surface area is 112 Å². The maximum atomic E-state index is 12.3. The van der Waals surface area contributed by atoms with Crippen molar-refractivity contribution >= 4 is 11.6 Å². The lowest BCUT2D eigenvalue weighted by Crippen LogP contribution is -2.26. The van der Waals surface area contributed by atoms with Crippen LogP contribution in [0.1, 0.15) is 15.9 Å². The van der Waals surface area contributed by atoms with Crippen LogP contribution in [-0.4, -0.2) is 18.1 Å². The van der Waals surface area contributed by atoms with Crippen molar-refractivity contribution in [3.8, 4) is 5.75 Å². The van der Waals surface area contributed by atoms with E-state index in [1.807, 2.05) is 24.3 Å². The highest BCUT2D eigenvalue weighted by molar-refractivity contribution is 6.05. The van der Waals surface area contributed by atoms with E-state index >= 15 is 0 Å². The van der Waals surface area contributed by atoms with E-state index in [1.54, 1.807) is 19.2 Å². The molecule has 4 heteroatoms. The lowest BCUT2D eigenvalue weighted by atomic mass is 10.1. The molecule has 2 aromatic carbocycles. The monoisotopic (exact) mass is 256 g/mol.